The summed E-state index contributed by atoms with van der Waals surface area (Å²) in [6, 6.07) is 0. The normalized spacial score (nSPS) is 24.9. The summed E-state index contributed by atoms with van der Waals surface area (Å²) in [7, 11) is 0. The van der Waals surface area contributed by atoms with Crippen molar-refractivity contribution in [2.45, 2.75) is 19.4 Å². The van der Waals surface area contributed by atoms with Crippen molar-refractivity contribution in [2.24, 2.45) is 0 Å². The Bertz CT molecular complexity index is 96.3. The fraction of sp³-hybridized carbons (Fsp3) is 0.600. The van der Waals surface area contributed by atoms with Crippen LogP contribution in [0, 0.1) is 6.20 Å². The number of hydroxylamine groups is 1. The highest BCUT2D eigenvalue weighted by Crippen LogP contribution is 2.11. The molecule has 7 heavy (non-hydrogen) atoms. The molecule has 2 nitrogen and oxygen atoms in total. The lowest BCUT2D eigenvalue weighted by Gasteiger charge is -2.11. The Morgan fingerprint density at radius 1 is 1.71 bits per heavy atom. The van der Waals surface area contributed by atoms with E-state index in [2.05, 4.69) is 11.7 Å². The highest BCUT2D eigenvalue weighted by molar-refractivity contribution is 4.94. The lowest BCUT2D eigenvalue weighted by Crippen LogP contribution is -2.20. The molecule has 0 aromatic rings. The van der Waals surface area contributed by atoms with Gasteiger partial charge >= 0.3 is 0 Å². The van der Waals surface area contributed by atoms with Gasteiger partial charge in [0.25, 0.3) is 0 Å². The van der Waals surface area contributed by atoms with Crippen LogP contribution in [-0.4, -0.2) is 5.60 Å². The topological polar surface area (TPSA) is 21.3 Å². The van der Waals surface area contributed by atoms with E-state index in [-0.39, 0.29) is 5.60 Å². The van der Waals surface area contributed by atoms with Crippen LogP contribution in [0.1, 0.15) is 13.8 Å². The van der Waals surface area contributed by atoms with E-state index in [1.807, 2.05) is 19.9 Å². The number of hydrogen-bond donors (Lipinski definition) is 1. The zero-order chi connectivity index (χ0) is 5.33. The van der Waals surface area contributed by atoms with Crippen LogP contribution < -0.4 is 5.48 Å². The van der Waals surface area contributed by atoms with Gasteiger partial charge in [0.1, 0.15) is 5.60 Å². The molecule has 0 saturated carbocycles. The van der Waals surface area contributed by atoms with E-state index in [0.717, 1.165) is 0 Å². The smallest absolute Gasteiger partial charge is 0.111 e. The van der Waals surface area contributed by atoms with Crippen LogP contribution in [0.5, 0.6) is 0 Å². The summed E-state index contributed by atoms with van der Waals surface area (Å²) in [4.78, 5) is 4.92. The highest BCUT2D eigenvalue weighted by atomic mass is 16.7. The summed E-state index contributed by atoms with van der Waals surface area (Å²) in [5, 5.41) is 0. The summed E-state index contributed by atoms with van der Waals surface area (Å²) < 4.78 is 0. The number of rotatable bonds is 0. The van der Waals surface area contributed by atoms with Crippen molar-refractivity contribution >= 4 is 0 Å². The van der Waals surface area contributed by atoms with Gasteiger partial charge in [0, 0.05) is 0 Å². The first kappa shape index (κ1) is 4.65. The van der Waals surface area contributed by atoms with E-state index in [0.29, 0.717) is 0 Å². The molecule has 1 radical (unpaired) electrons. The second-order valence-electron chi connectivity index (χ2n) is 2.10. The average molecular weight is 98.1 g/mol. The van der Waals surface area contributed by atoms with Crippen molar-refractivity contribution in [2.75, 3.05) is 0 Å². The Balaban J connectivity index is 2.57. The first-order valence-corrected chi connectivity index (χ1v) is 2.24. The molecule has 0 unspecified atom stereocenters. The van der Waals surface area contributed by atoms with E-state index in [1.165, 1.54) is 0 Å². The molecule has 0 spiro atoms. The molecule has 0 saturated heterocycles. The van der Waals surface area contributed by atoms with Gasteiger partial charge in [-0.1, -0.05) is 0 Å². The van der Waals surface area contributed by atoms with Crippen molar-refractivity contribution in [1.29, 1.82) is 0 Å². The van der Waals surface area contributed by atoms with E-state index in [9.17, 15) is 0 Å². The highest BCUT2D eigenvalue weighted by Gasteiger charge is 2.17. The minimum Gasteiger partial charge on any atom is -0.266 e. The summed E-state index contributed by atoms with van der Waals surface area (Å²) in [6.45, 7) is 3.92. The third kappa shape index (κ3) is 0.933. The van der Waals surface area contributed by atoms with Crippen LogP contribution in [-0.2, 0) is 4.84 Å². The Hall–Kier alpha value is -0.500. The summed E-state index contributed by atoms with van der Waals surface area (Å²) in [5.74, 6) is 0. The Morgan fingerprint density at radius 2 is 2.43 bits per heavy atom. The minimum atomic E-state index is -0.153. The van der Waals surface area contributed by atoms with Crippen LogP contribution in [0.25, 0.3) is 0 Å². The molecule has 1 aliphatic heterocycles. The van der Waals surface area contributed by atoms with Gasteiger partial charge in [-0.15, -0.1) is 0 Å². The van der Waals surface area contributed by atoms with E-state index in [1.54, 1.807) is 0 Å². The lowest BCUT2D eigenvalue weighted by atomic mass is 10.1. The maximum atomic E-state index is 4.92. The van der Waals surface area contributed by atoms with Crippen LogP contribution in [0.2, 0.25) is 0 Å². The molecule has 0 fully saturated rings. The van der Waals surface area contributed by atoms with Gasteiger partial charge in [-0.2, -0.15) is 0 Å². The zero-order valence-electron chi connectivity index (χ0n) is 4.49. The second kappa shape index (κ2) is 1.23. The van der Waals surface area contributed by atoms with Crippen molar-refractivity contribution in [3.05, 3.63) is 12.3 Å². The molecule has 0 atom stereocenters. The van der Waals surface area contributed by atoms with Crippen molar-refractivity contribution in [3.8, 4) is 0 Å². The van der Waals surface area contributed by atoms with Crippen LogP contribution in [0.4, 0.5) is 0 Å². The predicted molar refractivity (Wildman–Crippen MR) is 26.1 cm³/mol. The SMILES string of the molecule is CC1(C)C=[C]NO1. The Labute approximate surface area is 43.1 Å². The first-order chi connectivity index (χ1) is 3.21. The maximum absolute atomic E-state index is 4.92. The molecular formula is C5H8NO. The molecule has 0 aromatic carbocycles. The fourth-order valence-corrected chi connectivity index (χ4v) is 0.394. The van der Waals surface area contributed by atoms with Gasteiger partial charge in [0.05, 0.1) is 6.20 Å². The quantitative estimate of drug-likeness (QED) is 0.479. The Kier molecular flexibility index (Phi) is 0.820. The minimum absolute atomic E-state index is 0.153. The molecule has 0 bridgehead atoms. The lowest BCUT2D eigenvalue weighted by molar-refractivity contribution is -0.0138. The van der Waals surface area contributed by atoms with E-state index in [4.69, 9.17) is 4.84 Å². The molecule has 0 aromatic heterocycles. The molecule has 1 N–H and O–H groups in total. The molecule has 0 amide bonds. The van der Waals surface area contributed by atoms with E-state index >= 15 is 0 Å². The zero-order valence-corrected chi connectivity index (χ0v) is 4.49. The molecule has 1 heterocycles. The Morgan fingerprint density at radius 3 is 2.57 bits per heavy atom. The first-order valence-electron chi connectivity index (χ1n) is 2.24. The van der Waals surface area contributed by atoms with Crippen molar-refractivity contribution < 1.29 is 4.84 Å². The monoisotopic (exact) mass is 98.1 g/mol. The molecule has 1 aliphatic rings. The largest absolute Gasteiger partial charge is 0.266 e. The van der Waals surface area contributed by atoms with Gasteiger partial charge in [-0.05, 0) is 19.9 Å². The molecular weight excluding hydrogens is 90.1 g/mol. The van der Waals surface area contributed by atoms with Gasteiger partial charge in [-0.25, -0.2) is 0 Å². The van der Waals surface area contributed by atoms with E-state index < -0.39 is 0 Å². The third-order valence-corrected chi connectivity index (χ3v) is 0.793. The van der Waals surface area contributed by atoms with Crippen LogP contribution >= 0.6 is 0 Å². The van der Waals surface area contributed by atoms with Crippen molar-refractivity contribution in [1.82, 2.24) is 5.48 Å². The predicted octanol–water partition coefficient (Wildman–Crippen LogP) is 0.617. The van der Waals surface area contributed by atoms with Gasteiger partial charge < -0.3 is 0 Å². The van der Waals surface area contributed by atoms with Gasteiger partial charge in [0.15, 0.2) is 0 Å². The second-order valence-corrected chi connectivity index (χ2v) is 2.10. The van der Waals surface area contributed by atoms with Gasteiger partial charge in [-0.3, -0.25) is 10.3 Å². The molecule has 2 heteroatoms. The fourth-order valence-electron chi connectivity index (χ4n) is 0.394. The number of nitrogens with one attached hydrogen (secondary N) is 1. The molecule has 0 aliphatic carbocycles. The van der Waals surface area contributed by atoms with Crippen LogP contribution in [0.15, 0.2) is 6.08 Å². The molecule has 1 rings (SSSR count). The third-order valence-electron chi connectivity index (χ3n) is 0.793. The van der Waals surface area contributed by atoms with Crippen LogP contribution in [0.3, 0.4) is 0 Å². The molecule has 39 valence electrons. The number of hydrogen-bond acceptors (Lipinski definition) is 2. The average Bonchev–Trinajstić information content (AvgIpc) is 1.84. The summed E-state index contributed by atoms with van der Waals surface area (Å²) in [5.41, 5.74) is 2.35. The van der Waals surface area contributed by atoms with Crippen molar-refractivity contribution in [3.63, 3.8) is 0 Å². The summed E-state index contributed by atoms with van der Waals surface area (Å²) >= 11 is 0. The standard InChI is InChI=1S/C5H8NO/c1-5(2)3-4-6-7-5/h3,6H,1-2H3. The van der Waals surface area contributed by atoms with Gasteiger partial charge in [0.2, 0.25) is 0 Å². The maximum Gasteiger partial charge on any atom is 0.111 e. The summed E-state index contributed by atoms with van der Waals surface area (Å²) in [6.07, 6.45) is 4.56.